The van der Waals surface area contributed by atoms with Crippen molar-refractivity contribution in [3.8, 4) is 17.1 Å². The molecule has 3 aliphatic heterocycles. The molecule has 0 radical (unpaired) electrons. The first kappa shape index (κ1) is 37.8. The summed E-state index contributed by atoms with van der Waals surface area (Å²) in [4.78, 5) is 19.4. The van der Waals surface area contributed by atoms with Gasteiger partial charge < -0.3 is 38.1 Å². The van der Waals surface area contributed by atoms with E-state index < -0.39 is 46.2 Å². The SMILES string of the molecule is CC(C)(C)[Si](C)(C)O[C@@H]1CO[C@H]2[C@@H]1OC[C@H]2Oc1c(C(=O)O)c2nc(-c3c(F)cc(N4CCOCC4)cc3F)ccc2n1COCC[Si](C)(C)C. The smallest absolute Gasteiger partial charge is 0.343 e. The average Bonchev–Trinajstić information content (AvgIpc) is 3.71. The zero-order chi connectivity index (χ0) is 36.9. The highest BCUT2D eigenvalue weighted by molar-refractivity contribution is 6.76. The second kappa shape index (κ2) is 14.5. The minimum absolute atomic E-state index is 0.00510. The van der Waals surface area contributed by atoms with E-state index in [2.05, 4.69) is 58.5 Å². The maximum Gasteiger partial charge on any atom is 0.343 e. The summed E-state index contributed by atoms with van der Waals surface area (Å²) in [6, 6.07) is 6.56. The second-order valence-corrected chi connectivity index (χ2v) is 26.8. The summed E-state index contributed by atoms with van der Waals surface area (Å²) in [5, 5.41) is 10.6. The van der Waals surface area contributed by atoms with Crippen molar-refractivity contribution in [3.63, 3.8) is 0 Å². The van der Waals surface area contributed by atoms with Gasteiger partial charge in [-0.05, 0) is 48.4 Å². The van der Waals surface area contributed by atoms with Crippen molar-refractivity contribution >= 4 is 39.1 Å². The van der Waals surface area contributed by atoms with Crippen LogP contribution in [0.25, 0.3) is 22.3 Å². The highest BCUT2D eigenvalue weighted by atomic mass is 28.4. The summed E-state index contributed by atoms with van der Waals surface area (Å²) in [5.74, 6) is -2.88. The molecule has 5 heterocycles. The van der Waals surface area contributed by atoms with E-state index in [4.69, 9.17) is 28.1 Å². The Bertz CT molecular complexity index is 1730. The highest BCUT2D eigenvalue weighted by Crippen LogP contribution is 2.42. The Morgan fingerprint density at radius 1 is 1.00 bits per heavy atom. The van der Waals surface area contributed by atoms with Gasteiger partial charge in [0.1, 0.15) is 41.7 Å². The van der Waals surface area contributed by atoms with E-state index in [1.54, 1.807) is 10.6 Å². The monoisotopic (exact) mass is 747 g/mol. The number of aromatic nitrogens is 2. The molecule has 3 fully saturated rings. The topological polar surface area (TPSA) is 114 Å². The number of rotatable bonds is 12. The van der Waals surface area contributed by atoms with Gasteiger partial charge in [0.2, 0.25) is 5.88 Å². The number of aromatic carboxylic acids is 1. The van der Waals surface area contributed by atoms with Crippen LogP contribution in [0.3, 0.4) is 0 Å². The molecule has 51 heavy (non-hydrogen) atoms. The number of carbonyl (C=O) groups is 1. The molecule has 6 rings (SSSR count). The van der Waals surface area contributed by atoms with Crippen molar-refractivity contribution in [3.05, 3.63) is 41.5 Å². The van der Waals surface area contributed by atoms with Crippen molar-refractivity contribution in [1.82, 2.24) is 9.55 Å². The molecule has 3 aliphatic rings. The van der Waals surface area contributed by atoms with E-state index >= 15 is 8.78 Å². The van der Waals surface area contributed by atoms with Crippen LogP contribution in [0.15, 0.2) is 24.3 Å². The van der Waals surface area contributed by atoms with Crippen LogP contribution in [0.4, 0.5) is 14.5 Å². The first-order valence-corrected chi connectivity index (χ1v) is 24.3. The van der Waals surface area contributed by atoms with Crippen LogP contribution in [0.2, 0.25) is 43.8 Å². The average molecular weight is 748 g/mol. The molecule has 1 aromatic carbocycles. The molecule has 0 amide bonds. The lowest BCUT2D eigenvalue weighted by Crippen LogP contribution is -2.47. The number of halogens is 2. The Balaban J connectivity index is 1.35. The van der Waals surface area contributed by atoms with Crippen LogP contribution in [0.5, 0.6) is 5.88 Å². The molecule has 3 saturated heterocycles. The third kappa shape index (κ3) is 7.89. The number of carboxylic acids is 1. The largest absolute Gasteiger partial charge is 0.477 e. The highest BCUT2D eigenvalue weighted by Gasteiger charge is 2.53. The number of nitrogens with zero attached hydrogens (tertiary/aromatic N) is 3. The first-order valence-electron chi connectivity index (χ1n) is 17.7. The van der Waals surface area contributed by atoms with Gasteiger partial charge >= 0.3 is 5.97 Å². The number of ether oxygens (including phenoxy) is 5. The number of morpholine rings is 1. The van der Waals surface area contributed by atoms with Crippen molar-refractivity contribution < 1.29 is 46.8 Å². The zero-order valence-electron chi connectivity index (χ0n) is 30.9. The van der Waals surface area contributed by atoms with E-state index in [0.29, 0.717) is 50.7 Å². The zero-order valence-corrected chi connectivity index (χ0v) is 32.9. The molecule has 4 atom stereocenters. The molecule has 3 aromatic rings. The fourth-order valence-corrected chi connectivity index (χ4v) is 8.52. The lowest BCUT2D eigenvalue weighted by Gasteiger charge is -2.39. The van der Waals surface area contributed by atoms with E-state index in [-0.39, 0.29) is 58.8 Å². The molecule has 0 saturated carbocycles. The molecule has 280 valence electrons. The summed E-state index contributed by atoms with van der Waals surface area (Å²) in [5.41, 5.74) is 0.220. The molecule has 1 N–H and O–H groups in total. The minimum Gasteiger partial charge on any atom is -0.477 e. The number of pyridine rings is 1. The lowest BCUT2D eigenvalue weighted by molar-refractivity contribution is 0.00805. The van der Waals surface area contributed by atoms with Crippen LogP contribution in [0.1, 0.15) is 31.1 Å². The van der Waals surface area contributed by atoms with Crippen molar-refractivity contribution in [1.29, 1.82) is 0 Å². The number of anilines is 1. The van der Waals surface area contributed by atoms with E-state index in [0.717, 1.165) is 6.04 Å². The standard InChI is InChI=1S/C36H51F2N3O8Si2/c1-36(2,3)51(7,8)49-28-20-47-32-27(19-46-33(28)32)48-34-30(35(42)43)31-26(41(34)21-45-15-16-50(4,5)6)10-9-25(39-31)29-23(37)17-22(18-24(29)38)40-11-13-44-14-12-40/h9-10,17-18,27-28,32-33H,11-16,19-21H2,1-8H3,(H,42,43)/t27-,28-,32-,33-/m1/s1. The van der Waals surface area contributed by atoms with E-state index in [1.165, 1.54) is 18.2 Å². The molecule has 0 unspecified atom stereocenters. The molecule has 2 aromatic heterocycles. The molecular formula is C36H51F2N3O8Si2. The van der Waals surface area contributed by atoms with Crippen LogP contribution >= 0.6 is 0 Å². The molecule has 0 bridgehead atoms. The van der Waals surface area contributed by atoms with Crippen molar-refractivity contribution in [2.45, 2.75) is 95.7 Å². The van der Waals surface area contributed by atoms with Crippen LogP contribution in [0, 0.1) is 11.6 Å². The quantitative estimate of drug-likeness (QED) is 0.158. The second-order valence-electron chi connectivity index (χ2n) is 16.4. The normalized spacial score (nSPS) is 22.9. The van der Waals surface area contributed by atoms with Gasteiger partial charge in [0, 0.05) is 33.5 Å². The predicted molar refractivity (Wildman–Crippen MR) is 195 cm³/mol. The molecule has 0 aliphatic carbocycles. The van der Waals surface area contributed by atoms with Gasteiger partial charge in [-0.3, -0.25) is 4.57 Å². The summed E-state index contributed by atoms with van der Waals surface area (Å²) < 4.78 is 70.0. The maximum atomic E-state index is 15.7. The number of carboxylic acid groups (broad SMARTS) is 1. The molecule has 11 nitrogen and oxygen atoms in total. The number of hydrogen-bond acceptors (Lipinski definition) is 9. The molecular weight excluding hydrogens is 697 g/mol. The molecule has 15 heteroatoms. The molecule has 0 spiro atoms. The van der Waals surface area contributed by atoms with Gasteiger partial charge in [-0.15, -0.1) is 0 Å². The summed E-state index contributed by atoms with van der Waals surface area (Å²) in [7, 11) is -3.55. The fourth-order valence-electron chi connectivity index (χ4n) is 6.45. The number of hydrogen-bond donors (Lipinski definition) is 1. The van der Waals surface area contributed by atoms with Crippen molar-refractivity contribution in [2.24, 2.45) is 0 Å². The Kier molecular flexibility index (Phi) is 10.7. The van der Waals surface area contributed by atoms with Gasteiger partial charge in [0.05, 0.1) is 49.3 Å². The Morgan fingerprint density at radius 2 is 1.63 bits per heavy atom. The Hall–Kier alpha value is -2.93. The van der Waals surface area contributed by atoms with Crippen LogP contribution < -0.4 is 9.64 Å². The van der Waals surface area contributed by atoms with E-state index in [9.17, 15) is 9.90 Å². The van der Waals surface area contributed by atoms with Gasteiger partial charge in [-0.2, -0.15) is 0 Å². The summed E-state index contributed by atoms with van der Waals surface area (Å²) in [6.45, 7) is 20.6. The predicted octanol–water partition coefficient (Wildman–Crippen LogP) is 6.76. The summed E-state index contributed by atoms with van der Waals surface area (Å²) >= 11 is 0. The minimum atomic E-state index is -2.13. The number of fused-ring (bicyclic) bond motifs is 2. The van der Waals surface area contributed by atoms with E-state index in [1.807, 2.05) is 4.90 Å². The first-order chi connectivity index (χ1) is 23.9. The summed E-state index contributed by atoms with van der Waals surface area (Å²) in [6.07, 6.45) is -1.78. The van der Waals surface area contributed by atoms with Crippen LogP contribution in [-0.2, 0) is 30.1 Å². The van der Waals surface area contributed by atoms with Crippen molar-refractivity contribution in [2.75, 3.05) is 51.0 Å². The van der Waals surface area contributed by atoms with Gasteiger partial charge in [-0.25, -0.2) is 18.6 Å². The lowest BCUT2D eigenvalue weighted by atomic mass is 10.1. The number of benzene rings is 1. The Morgan fingerprint density at radius 3 is 2.24 bits per heavy atom. The third-order valence-electron chi connectivity index (χ3n) is 10.4. The Labute approximate surface area is 300 Å². The third-order valence-corrected chi connectivity index (χ3v) is 16.6. The van der Waals surface area contributed by atoms with Crippen LogP contribution in [-0.4, -0.2) is 108 Å². The maximum absolute atomic E-state index is 15.7. The van der Waals surface area contributed by atoms with Gasteiger partial charge in [-0.1, -0.05) is 40.4 Å². The van der Waals surface area contributed by atoms with Gasteiger partial charge in [0.25, 0.3) is 0 Å². The fraction of sp³-hybridized carbons (Fsp3) is 0.611. The van der Waals surface area contributed by atoms with Gasteiger partial charge in [0.15, 0.2) is 14.4 Å².